The van der Waals surface area contributed by atoms with Crippen LogP contribution in [0.15, 0.2) is 40.5 Å². The van der Waals surface area contributed by atoms with Crippen molar-refractivity contribution in [1.82, 2.24) is 0 Å². The number of aliphatic imine (C=N–C) groups is 1. The zero-order valence-corrected chi connectivity index (χ0v) is 9.45. The van der Waals surface area contributed by atoms with Crippen LogP contribution in [0.25, 0.3) is 0 Å². The summed E-state index contributed by atoms with van der Waals surface area (Å²) < 4.78 is 40.6. The zero-order chi connectivity index (χ0) is 12.5. The number of sulfone groups is 1. The summed E-state index contributed by atoms with van der Waals surface area (Å²) in [6, 6.07) is 5.22. The Kier molecular flexibility index (Phi) is 2.84. The van der Waals surface area contributed by atoms with E-state index in [1.54, 1.807) is 0 Å². The first-order valence-electron chi connectivity index (χ1n) is 4.65. The molecule has 1 heterocycles. The summed E-state index contributed by atoms with van der Waals surface area (Å²) >= 11 is 0. The predicted octanol–water partition coefficient (Wildman–Crippen LogP) is 0.789. The normalized spacial score (nSPS) is 17.5. The Morgan fingerprint density at radius 1 is 1.29 bits per heavy atom. The highest BCUT2D eigenvalue weighted by Gasteiger charge is 2.24. The van der Waals surface area contributed by atoms with E-state index in [1.807, 2.05) is 0 Å². The Balaban J connectivity index is 2.05. The summed E-state index contributed by atoms with van der Waals surface area (Å²) in [4.78, 5) is 3.64. The number of hydrogen-bond acceptors (Lipinski definition) is 5. The standard InChI is InChI=1S/C10H9FN2O3S/c11-7-1-3-8(4-2-7)16-5-10-13-9(12)6-17(10,14)15/h1-4,6H,5,12H2. The van der Waals surface area contributed by atoms with E-state index in [-0.39, 0.29) is 17.5 Å². The second kappa shape index (κ2) is 4.17. The van der Waals surface area contributed by atoms with Crippen molar-refractivity contribution >= 4 is 14.9 Å². The molecule has 90 valence electrons. The van der Waals surface area contributed by atoms with Crippen molar-refractivity contribution in [2.24, 2.45) is 10.7 Å². The van der Waals surface area contributed by atoms with Gasteiger partial charge in [-0.25, -0.2) is 17.8 Å². The zero-order valence-electron chi connectivity index (χ0n) is 8.63. The number of nitrogens with two attached hydrogens (primary N) is 1. The van der Waals surface area contributed by atoms with Crippen LogP contribution in [-0.2, 0) is 9.84 Å². The lowest BCUT2D eigenvalue weighted by atomic mass is 10.3. The van der Waals surface area contributed by atoms with E-state index in [9.17, 15) is 12.8 Å². The molecule has 17 heavy (non-hydrogen) atoms. The van der Waals surface area contributed by atoms with E-state index in [1.165, 1.54) is 24.3 Å². The minimum absolute atomic E-state index is 0.0669. The lowest BCUT2D eigenvalue weighted by molar-refractivity contribution is 0.377. The first-order valence-corrected chi connectivity index (χ1v) is 6.20. The topological polar surface area (TPSA) is 81.8 Å². The third-order valence-electron chi connectivity index (χ3n) is 2.03. The molecule has 0 radical (unpaired) electrons. The molecule has 0 saturated carbocycles. The van der Waals surface area contributed by atoms with Crippen molar-refractivity contribution in [3.8, 4) is 5.75 Å². The Morgan fingerprint density at radius 3 is 2.47 bits per heavy atom. The van der Waals surface area contributed by atoms with Crippen LogP contribution in [0.5, 0.6) is 5.75 Å². The molecule has 7 heteroatoms. The fourth-order valence-corrected chi connectivity index (χ4v) is 2.21. The molecule has 0 aromatic heterocycles. The average Bonchev–Trinajstić information content (AvgIpc) is 2.51. The second-order valence-electron chi connectivity index (χ2n) is 3.34. The van der Waals surface area contributed by atoms with E-state index >= 15 is 0 Å². The van der Waals surface area contributed by atoms with Crippen LogP contribution in [0, 0.1) is 5.82 Å². The van der Waals surface area contributed by atoms with Gasteiger partial charge in [0.25, 0.3) is 0 Å². The molecule has 0 unspecified atom stereocenters. The maximum Gasteiger partial charge on any atom is 0.220 e. The highest BCUT2D eigenvalue weighted by molar-refractivity contribution is 8.09. The van der Waals surface area contributed by atoms with E-state index in [2.05, 4.69) is 4.99 Å². The van der Waals surface area contributed by atoms with Gasteiger partial charge in [0.05, 0.1) is 5.41 Å². The van der Waals surface area contributed by atoms with Gasteiger partial charge in [-0.2, -0.15) is 0 Å². The summed E-state index contributed by atoms with van der Waals surface area (Å²) in [5, 5.41) is 0.718. The molecule has 1 aromatic carbocycles. The largest absolute Gasteiger partial charge is 0.487 e. The molecule has 1 aromatic rings. The molecule has 0 atom stereocenters. The number of nitrogens with zero attached hydrogens (tertiary/aromatic N) is 1. The average molecular weight is 256 g/mol. The van der Waals surface area contributed by atoms with Crippen LogP contribution in [0.4, 0.5) is 4.39 Å². The van der Waals surface area contributed by atoms with Crippen molar-refractivity contribution in [3.63, 3.8) is 0 Å². The molecule has 2 rings (SSSR count). The number of rotatable bonds is 3. The summed E-state index contributed by atoms with van der Waals surface area (Å²) in [6.45, 7) is -0.231. The van der Waals surface area contributed by atoms with Gasteiger partial charge in [0, 0.05) is 0 Å². The summed E-state index contributed by atoms with van der Waals surface area (Å²) in [6.07, 6.45) is 0. The van der Waals surface area contributed by atoms with Crippen LogP contribution in [0.3, 0.4) is 0 Å². The van der Waals surface area contributed by atoms with Gasteiger partial charge in [-0.1, -0.05) is 0 Å². The molecule has 0 bridgehead atoms. The Bertz CT molecular complexity index is 590. The molecule has 1 aliphatic rings. The third-order valence-corrected chi connectivity index (χ3v) is 3.45. The predicted molar refractivity (Wildman–Crippen MR) is 60.5 cm³/mol. The van der Waals surface area contributed by atoms with Crippen molar-refractivity contribution in [1.29, 1.82) is 0 Å². The minimum Gasteiger partial charge on any atom is -0.487 e. The summed E-state index contributed by atoms with van der Waals surface area (Å²) in [7, 11) is -3.55. The smallest absolute Gasteiger partial charge is 0.220 e. The highest BCUT2D eigenvalue weighted by atomic mass is 32.2. The lowest BCUT2D eigenvalue weighted by Crippen LogP contribution is -2.17. The molecule has 1 aliphatic heterocycles. The van der Waals surface area contributed by atoms with Crippen molar-refractivity contribution < 1.29 is 17.5 Å². The number of ether oxygens (including phenoxy) is 1. The van der Waals surface area contributed by atoms with Gasteiger partial charge in [-0.3, -0.25) is 0 Å². The SMILES string of the molecule is NC1=CS(=O)(=O)C(COc2ccc(F)cc2)=N1. The molecule has 5 nitrogen and oxygen atoms in total. The Morgan fingerprint density at radius 2 is 1.94 bits per heavy atom. The minimum atomic E-state index is -3.55. The molecule has 0 spiro atoms. The van der Waals surface area contributed by atoms with Crippen LogP contribution in [0.2, 0.25) is 0 Å². The first-order chi connectivity index (χ1) is 7.97. The fourth-order valence-electron chi connectivity index (χ4n) is 1.25. The summed E-state index contributed by atoms with van der Waals surface area (Å²) in [5.74, 6) is -0.105. The highest BCUT2D eigenvalue weighted by Crippen LogP contribution is 2.14. The quantitative estimate of drug-likeness (QED) is 0.866. The van der Waals surface area contributed by atoms with Crippen LogP contribution in [0.1, 0.15) is 0 Å². The lowest BCUT2D eigenvalue weighted by Gasteiger charge is -2.05. The number of benzene rings is 1. The van der Waals surface area contributed by atoms with Crippen molar-refractivity contribution in [3.05, 3.63) is 41.3 Å². The maximum atomic E-state index is 12.6. The number of hydrogen-bond donors (Lipinski definition) is 1. The van der Waals surface area contributed by atoms with Crippen molar-refractivity contribution in [2.45, 2.75) is 0 Å². The first kappa shape index (κ1) is 11.6. The molecule has 0 amide bonds. The number of halogens is 1. The molecule has 2 N–H and O–H groups in total. The van der Waals surface area contributed by atoms with E-state index in [0.717, 1.165) is 5.41 Å². The van der Waals surface area contributed by atoms with Gasteiger partial charge >= 0.3 is 0 Å². The van der Waals surface area contributed by atoms with Gasteiger partial charge in [0.1, 0.15) is 24.0 Å². The fraction of sp³-hybridized carbons (Fsp3) is 0.100. The molecule has 0 saturated heterocycles. The van der Waals surface area contributed by atoms with Gasteiger partial charge in [0.15, 0.2) is 5.04 Å². The third kappa shape index (κ3) is 2.62. The maximum absolute atomic E-state index is 12.6. The van der Waals surface area contributed by atoms with Crippen molar-refractivity contribution in [2.75, 3.05) is 6.61 Å². The van der Waals surface area contributed by atoms with Gasteiger partial charge in [-0.15, -0.1) is 0 Å². The van der Waals surface area contributed by atoms with E-state index in [0.29, 0.717) is 5.75 Å². The van der Waals surface area contributed by atoms with E-state index in [4.69, 9.17) is 10.5 Å². The van der Waals surface area contributed by atoms with Crippen LogP contribution < -0.4 is 10.5 Å². The van der Waals surface area contributed by atoms with Gasteiger partial charge in [0.2, 0.25) is 9.84 Å². The van der Waals surface area contributed by atoms with Gasteiger partial charge in [-0.05, 0) is 24.3 Å². The molecule has 0 fully saturated rings. The summed E-state index contributed by atoms with van der Waals surface area (Å²) in [5.41, 5.74) is 5.28. The van der Waals surface area contributed by atoms with Crippen LogP contribution in [-0.4, -0.2) is 20.1 Å². The van der Waals surface area contributed by atoms with Crippen LogP contribution >= 0.6 is 0 Å². The molecule has 0 aliphatic carbocycles. The van der Waals surface area contributed by atoms with E-state index < -0.39 is 15.7 Å². The van der Waals surface area contributed by atoms with Gasteiger partial charge < -0.3 is 10.5 Å². The molecular weight excluding hydrogens is 247 g/mol. The second-order valence-corrected chi connectivity index (χ2v) is 5.13. The molecular formula is C10H9FN2O3S. The Hall–Kier alpha value is -1.89. The monoisotopic (exact) mass is 256 g/mol. The Labute approximate surface area is 97.3 Å².